The van der Waals surface area contributed by atoms with Gasteiger partial charge in [-0.1, -0.05) is 42.5 Å². The predicted octanol–water partition coefficient (Wildman–Crippen LogP) is 2.88. The SMILES string of the molecule is [NH2+]=C(c1ccccc1)c1cccc(COc2ccc(CCC(=O)O)cc2)c1. The van der Waals surface area contributed by atoms with Crippen LogP contribution in [-0.2, 0) is 17.8 Å². The first-order valence-corrected chi connectivity index (χ1v) is 8.82. The molecule has 3 N–H and O–H groups in total. The number of carboxylic acids is 1. The molecule has 4 heteroatoms. The van der Waals surface area contributed by atoms with E-state index >= 15 is 0 Å². The number of aryl methyl sites for hydroxylation is 1. The van der Waals surface area contributed by atoms with Gasteiger partial charge in [0.2, 0.25) is 5.71 Å². The van der Waals surface area contributed by atoms with Gasteiger partial charge in [-0.05, 0) is 53.9 Å². The molecule has 0 spiro atoms. The van der Waals surface area contributed by atoms with E-state index in [4.69, 9.17) is 15.3 Å². The molecular formula is C23H22NO3+. The molecule has 0 aliphatic rings. The third kappa shape index (κ3) is 5.28. The van der Waals surface area contributed by atoms with Crippen LogP contribution in [0.4, 0.5) is 0 Å². The number of hydrogen-bond donors (Lipinski definition) is 2. The summed E-state index contributed by atoms with van der Waals surface area (Å²) in [4.78, 5) is 10.6. The average molecular weight is 360 g/mol. The van der Waals surface area contributed by atoms with Crippen LogP contribution in [0.5, 0.6) is 5.75 Å². The Balaban J connectivity index is 1.61. The van der Waals surface area contributed by atoms with Crippen molar-refractivity contribution in [1.29, 1.82) is 0 Å². The van der Waals surface area contributed by atoms with Crippen LogP contribution < -0.4 is 10.1 Å². The van der Waals surface area contributed by atoms with E-state index in [0.717, 1.165) is 33.7 Å². The summed E-state index contributed by atoms with van der Waals surface area (Å²) in [6.07, 6.45) is 0.651. The first-order valence-electron chi connectivity index (χ1n) is 8.82. The second-order valence-electron chi connectivity index (χ2n) is 6.31. The van der Waals surface area contributed by atoms with E-state index < -0.39 is 5.97 Å². The number of ether oxygens (including phenoxy) is 1. The molecule has 0 atom stereocenters. The minimum atomic E-state index is -0.790. The highest BCUT2D eigenvalue weighted by Gasteiger charge is 2.10. The van der Waals surface area contributed by atoms with Gasteiger partial charge in [-0.3, -0.25) is 10.2 Å². The Bertz CT molecular complexity index is 918. The lowest BCUT2D eigenvalue weighted by Crippen LogP contribution is -2.41. The van der Waals surface area contributed by atoms with E-state index in [-0.39, 0.29) is 6.42 Å². The molecule has 0 fully saturated rings. The van der Waals surface area contributed by atoms with Crippen molar-refractivity contribution < 1.29 is 20.0 Å². The van der Waals surface area contributed by atoms with Gasteiger partial charge >= 0.3 is 5.97 Å². The minimum absolute atomic E-state index is 0.131. The molecule has 3 aromatic rings. The van der Waals surface area contributed by atoms with Crippen LogP contribution in [0.2, 0.25) is 0 Å². The van der Waals surface area contributed by atoms with Crippen molar-refractivity contribution in [3.05, 3.63) is 101 Å². The summed E-state index contributed by atoms with van der Waals surface area (Å²) < 4.78 is 5.85. The quantitative estimate of drug-likeness (QED) is 0.607. The fourth-order valence-electron chi connectivity index (χ4n) is 2.78. The molecule has 4 nitrogen and oxygen atoms in total. The Hall–Kier alpha value is -3.40. The van der Waals surface area contributed by atoms with Crippen LogP contribution in [0.25, 0.3) is 0 Å². The van der Waals surface area contributed by atoms with E-state index in [9.17, 15) is 4.79 Å². The molecule has 0 amide bonds. The lowest BCUT2D eigenvalue weighted by molar-refractivity contribution is -0.137. The molecule has 0 aliphatic heterocycles. The lowest BCUT2D eigenvalue weighted by atomic mass is 10.0. The van der Waals surface area contributed by atoms with Gasteiger partial charge in [0, 0.05) is 17.5 Å². The van der Waals surface area contributed by atoms with Crippen molar-refractivity contribution in [3.8, 4) is 5.75 Å². The molecule has 0 bridgehead atoms. The first kappa shape index (κ1) is 18.4. The zero-order valence-electron chi connectivity index (χ0n) is 15.0. The number of hydrogen-bond acceptors (Lipinski definition) is 2. The zero-order valence-corrected chi connectivity index (χ0v) is 15.0. The molecule has 0 aliphatic carbocycles. The van der Waals surface area contributed by atoms with Crippen molar-refractivity contribution in [2.75, 3.05) is 0 Å². The maximum absolute atomic E-state index is 10.6. The van der Waals surface area contributed by atoms with Crippen molar-refractivity contribution in [1.82, 2.24) is 0 Å². The van der Waals surface area contributed by atoms with Crippen LogP contribution in [0.3, 0.4) is 0 Å². The Morgan fingerprint density at radius 1 is 0.852 bits per heavy atom. The van der Waals surface area contributed by atoms with Crippen molar-refractivity contribution in [2.45, 2.75) is 19.4 Å². The number of aliphatic carboxylic acids is 1. The third-order valence-corrected chi connectivity index (χ3v) is 4.28. The van der Waals surface area contributed by atoms with Gasteiger partial charge < -0.3 is 9.84 Å². The molecule has 0 unspecified atom stereocenters. The van der Waals surface area contributed by atoms with E-state index in [1.165, 1.54) is 0 Å². The molecule has 136 valence electrons. The normalized spacial score (nSPS) is 10.4. The molecule has 0 aromatic heterocycles. The van der Waals surface area contributed by atoms with Crippen LogP contribution in [0.15, 0.2) is 78.9 Å². The summed E-state index contributed by atoms with van der Waals surface area (Å²) in [5.41, 5.74) is 4.71. The van der Waals surface area contributed by atoms with Crippen LogP contribution in [0, 0.1) is 0 Å². The smallest absolute Gasteiger partial charge is 0.303 e. The number of carboxylic acid groups (broad SMARTS) is 1. The summed E-state index contributed by atoms with van der Waals surface area (Å²) in [5, 5.41) is 15.0. The summed E-state index contributed by atoms with van der Waals surface area (Å²) >= 11 is 0. The Labute approximate surface area is 158 Å². The Morgan fingerprint density at radius 3 is 2.26 bits per heavy atom. The molecule has 0 saturated heterocycles. The number of benzene rings is 3. The van der Waals surface area contributed by atoms with Gasteiger partial charge in [-0.25, -0.2) is 0 Å². The molecule has 3 aromatic carbocycles. The van der Waals surface area contributed by atoms with Gasteiger partial charge in [0.05, 0.1) is 0 Å². The highest BCUT2D eigenvalue weighted by atomic mass is 16.5. The maximum Gasteiger partial charge on any atom is 0.303 e. The Morgan fingerprint density at radius 2 is 1.56 bits per heavy atom. The summed E-state index contributed by atoms with van der Waals surface area (Å²) in [7, 11) is 0. The largest absolute Gasteiger partial charge is 0.489 e. The van der Waals surface area contributed by atoms with Gasteiger partial charge in [-0.15, -0.1) is 0 Å². The van der Waals surface area contributed by atoms with Crippen LogP contribution in [0.1, 0.15) is 28.7 Å². The number of rotatable bonds is 8. The first-order chi connectivity index (χ1) is 13.1. The molecule has 0 radical (unpaired) electrons. The fraction of sp³-hybridized carbons (Fsp3) is 0.130. The number of nitrogens with two attached hydrogens (primary N) is 1. The van der Waals surface area contributed by atoms with Gasteiger partial charge in [0.25, 0.3) is 0 Å². The van der Waals surface area contributed by atoms with Crippen molar-refractivity contribution >= 4 is 11.7 Å². The van der Waals surface area contributed by atoms with Crippen LogP contribution >= 0.6 is 0 Å². The number of carbonyl (C=O) groups is 1. The molecular weight excluding hydrogens is 338 g/mol. The highest BCUT2D eigenvalue weighted by molar-refractivity contribution is 6.08. The molecule has 3 rings (SSSR count). The van der Waals surface area contributed by atoms with Gasteiger partial charge in [0.1, 0.15) is 12.4 Å². The summed E-state index contributed by atoms with van der Waals surface area (Å²) in [6.45, 7) is 0.435. The monoisotopic (exact) mass is 360 g/mol. The molecule has 0 saturated carbocycles. The highest BCUT2D eigenvalue weighted by Crippen LogP contribution is 2.16. The van der Waals surface area contributed by atoms with Crippen molar-refractivity contribution in [2.24, 2.45) is 0 Å². The lowest BCUT2D eigenvalue weighted by Gasteiger charge is -2.08. The molecule has 0 heterocycles. The zero-order chi connectivity index (χ0) is 19.1. The standard InChI is InChI=1S/C23H21NO3/c24-23(19-6-2-1-3-7-19)20-8-4-5-18(15-20)16-27-21-12-9-17(10-13-21)11-14-22(25)26/h1-10,12-13,15,24H,11,14,16H2,(H,25,26)/p+1. The molecule has 27 heavy (non-hydrogen) atoms. The third-order valence-electron chi connectivity index (χ3n) is 4.28. The maximum atomic E-state index is 10.6. The van der Waals surface area contributed by atoms with E-state index in [2.05, 4.69) is 0 Å². The van der Waals surface area contributed by atoms with E-state index in [0.29, 0.717) is 13.0 Å². The predicted molar refractivity (Wildman–Crippen MR) is 105 cm³/mol. The summed E-state index contributed by atoms with van der Waals surface area (Å²) in [5.74, 6) is -0.0405. The summed E-state index contributed by atoms with van der Waals surface area (Å²) in [6, 6.07) is 25.4. The average Bonchev–Trinajstić information content (AvgIpc) is 2.72. The van der Waals surface area contributed by atoms with E-state index in [1.54, 1.807) is 0 Å². The topological polar surface area (TPSA) is 72.1 Å². The van der Waals surface area contributed by atoms with Gasteiger partial charge in [0.15, 0.2) is 0 Å². The second-order valence-corrected chi connectivity index (χ2v) is 6.31. The van der Waals surface area contributed by atoms with E-state index in [1.807, 2.05) is 78.9 Å². The Kier molecular flexibility index (Phi) is 6.00. The second kappa shape index (κ2) is 8.81. The fourth-order valence-corrected chi connectivity index (χ4v) is 2.78. The van der Waals surface area contributed by atoms with Crippen molar-refractivity contribution in [3.63, 3.8) is 0 Å². The van der Waals surface area contributed by atoms with Crippen LogP contribution in [-0.4, -0.2) is 16.8 Å². The van der Waals surface area contributed by atoms with Gasteiger partial charge in [-0.2, -0.15) is 0 Å². The minimum Gasteiger partial charge on any atom is -0.489 e.